The van der Waals surface area contributed by atoms with Gasteiger partial charge in [-0.15, -0.1) is 0 Å². The minimum Gasteiger partial charge on any atom is -0.325 e. The van der Waals surface area contributed by atoms with Crippen molar-refractivity contribution >= 4 is 23.2 Å². The van der Waals surface area contributed by atoms with Crippen molar-refractivity contribution in [3.8, 4) is 0 Å². The van der Waals surface area contributed by atoms with Gasteiger partial charge in [0.15, 0.2) is 0 Å². The molecule has 1 fully saturated rings. The fourth-order valence-corrected chi connectivity index (χ4v) is 2.89. The summed E-state index contributed by atoms with van der Waals surface area (Å²) in [6, 6.07) is 10.8. The highest BCUT2D eigenvalue weighted by Gasteiger charge is 2.31. The number of hydrogen-bond acceptors (Lipinski definition) is 3. The molecular formula is C20H20F3N3O2. The minimum atomic E-state index is -4.50. The maximum atomic E-state index is 12.8. The summed E-state index contributed by atoms with van der Waals surface area (Å²) in [7, 11) is 0. The Morgan fingerprint density at radius 2 is 1.79 bits per heavy atom. The first-order valence-corrected chi connectivity index (χ1v) is 8.85. The van der Waals surface area contributed by atoms with Crippen LogP contribution in [0, 0.1) is 11.8 Å². The SMILES string of the molecule is CC(C(=O)Nc1ccccc1C(=O)Nc1cccc(C(F)(F)F)c1)C1CNC1. The first-order valence-electron chi connectivity index (χ1n) is 8.85. The van der Waals surface area contributed by atoms with Crippen LogP contribution in [0.5, 0.6) is 0 Å². The summed E-state index contributed by atoms with van der Waals surface area (Å²) < 4.78 is 38.5. The number of hydrogen-bond donors (Lipinski definition) is 3. The van der Waals surface area contributed by atoms with Crippen molar-refractivity contribution in [1.82, 2.24) is 5.32 Å². The lowest BCUT2D eigenvalue weighted by Gasteiger charge is -2.31. The number of amides is 2. The topological polar surface area (TPSA) is 70.2 Å². The standard InChI is InChI=1S/C20H20F3N3O2/c1-12(13-10-24-11-13)18(27)26-17-8-3-2-7-16(17)19(28)25-15-6-4-5-14(9-15)20(21,22)23/h2-9,12-13,24H,10-11H2,1H3,(H,25,28)(H,26,27). The first kappa shape index (κ1) is 19.9. The van der Waals surface area contributed by atoms with Crippen molar-refractivity contribution in [3.63, 3.8) is 0 Å². The van der Waals surface area contributed by atoms with Gasteiger partial charge in [-0.2, -0.15) is 13.2 Å². The molecule has 2 amide bonds. The van der Waals surface area contributed by atoms with Gasteiger partial charge in [0, 0.05) is 11.6 Å². The molecule has 0 radical (unpaired) electrons. The van der Waals surface area contributed by atoms with Crippen molar-refractivity contribution in [2.45, 2.75) is 13.1 Å². The maximum Gasteiger partial charge on any atom is 0.416 e. The van der Waals surface area contributed by atoms with Crippen LogP contribution in [0.25, 0.3) is 0 Å². The van der Waals surface area contributed by atoms with E-state index in [1.165, 1.54) is 18.2 Å². The molecule has 1 heterocycles. The van der Waals surface area contributed by atoms with E-state index in [9.17, 15) is 22.8 Å². The van der Waals surface area contributed by atoms with Gasteiger partial charge in [-0.1, -0.05) is 25.1 Å². The molecule has 1 aliphatic rings. The summed E-state index contributed by atoms with van der Waals surface area (Å²) in [5, 5.41) is 8.32. The van der Waals surface area contributed by atoms with Crippen molar-refractivity contribution in [2.24, 2.45) is 11.8 Å². The lowest BCUT2D eigenvalue weighted by Crippen LogP contribution is -2.48. The molecule has 2 aromatic rings. The Labute approximate surface area is 160 Å². The quantitative estimate of drug-likeness (QED) is 0.727. The van der Waals surface area contributed by atoms with E-state index in [1.807, 2.05) is 6.92 Å². The van der Waals surface area contributed by atoms with E-state index in [4.69, 9.17) is 0 Å². The number of para-hydroxylation sites is 1. The monoisotopic (exact) mass is 391 g/mol. The Bertz CT molecular complexity index is 879. The van der Waals surface area contributed by atoms with E-state index in [2.05, 4.69) is 16.0 Å². The van der Waals surface area contributed by atoms with Crippen molar-refractivity contribution < 1.29 is 22.8 Å². The van der Waals surface area contributed by atoms with Gasteiger partial charge in [0.2, 0.25) is 5.91 Å². The zero-order valence-electron chi connectivity index (χ0n) is 15.1. The van der Waals surface area contributed by atoms with E-state index < -0.39 is 17.6 Å². The number of alkyl halides is 3. The van der Waals surface area contributed by atoms with Crippen molar-refractivity contribution in [3.05, 3.63) is 59.7 Å². The number of rotatable bonds is 5. The van der Waals surface area contributed by atoms with Crippen LogP contribution in [-0.2, 0) is 11.0 Å². The van der Waals surface area contributed by atoms with Gasteiger partial charge in [-0.05, 0) is 49.3 Å². The number of benzene rings is 2. The van der Waals surface area contributed by atoms with Crippen LogP contribution < -0.4 is 16.0 Å². The Kier molecular flexibility index (Phi) is 5.69. The van der Waals surface area contributed by atoms with Crippen LogP contribution in [0.15, 0.2) is 48.5 Å². The Balaban J connectivity index is 1.75. The molecular weight excluding hydrogens is 371 g/mol. The highest BCUT2D eigenvalue weighted by Crippen LogP contribution is 2.31. The molecule has 8 heteroatoms. The van der Waals surface area contributed by atoms with E-state index in [0.29, 0.717) is 5.69 Å². The Morgan fingerprint density at radius 1 is 1.07 bits per heavy atom. The second kappa shape index (κ2) is 8.02. The molecule has 0 bridgehead atoms. The van der Waals surface area contributed by atoms with Crippen LogP contribution in [0.3, 0.4) is 0 Å². The number of halogens is 3. The molecule has 0 aliphatic carbocycles. The molecule has 148 valence electrons. The van der Waals surface area contributed by atoms with E-state index >= 15 is 0 Å². The molecule has 0 aromatic heterocycles. The van der Waals surface area contributed by atoms with Gasteiger partial charge >= 0.3 is 6.18 Å². The molecule has 1 aliphatic heterocycles. The zero-order valence-corrected chi connectivity index (χ0v) is 15.1. The Morgan fingerprint density at radius 3 is 2.43 bits per heavy atom. The summed E-state index contributed by atoms with van der Waals surface area (Å²) in [6.45, 7) is 3.37. The molecule has 3 rings (SSSR count). The minimum absolute atomic E-state index is 0.0230. The van der Waals surface area contributed by atoms with Crippen LogP contribution in [0.1, 0.15) is 22.8 Å². The lowest BCUT2D eigenvalue weighted by molar-refractivity contribution is -0.137. The molecule has 3 N–H and O–H groups in total. The highest BCUT2D eigenvalue weighted by atomic mass is 19.4. The summed E-state index contributed by atoms with van der Waals surface area (Å²) in [6.07, 6.45) is -4.50. The summed E-state index contributed by atoms with van der Waals surface area (Å²) in [5.41, 5.74) is -0.340. The molecule has 28 heavy (non-hydrogen) atoms. The molecule has 0 spiro atoms. The molecule has 1 unspecified atom stereocenters. The molecule has 5 nitrogen and oxygen atoms in total. The van der Waals surface area contributed by atoms with Gasteiger partial charge in [-0.3, -0.25) is 9.59 Å². The predicted molar refractivity (Wildman–Crippen MR) is 100.0 cm³/mol. The third kappa shape index (κ3) is 4.51. The van der Waals surface area contributed by atoms with E-state index in [1.54, 1.807) is 18.2 Å². The average molecular weight is 391 g/mol. The second-order valence-electron chi connectivity index (χ2n) is 6.77. The van der Waals surface area contributed by atoms with E-state index in [-0.39, 0.29) is 29.0 Å². The number of carbonyl (C=O) groups is 2. The fraction of sp³-hybridized carbons (Fsp3) is 0.300. The van der Waals surface area contributed by atoms with Crippen LogP contribution in [0.4, 0.5) is 24.5 Å². The number of anilines is 2. The smallest absolute Gasteiger partial charge is 0.325 e. The van der Waals surface area contributed by atoms with Gasteiger partial charge in [-0.25, -0.2) is 0 Å². The summed E-state index contributed by atoms with van der Waals surface area (Å²) in [5.74, 6) is -0.786. The third-order valence-corrected chi connectivity index (χ3v) is 4.81. The number of carbonyl (C=O) groups excluding carboxylic acids is 2. The molecule has 0 saturated carbocycles. The van der Waals surface area contributed by atoms with Crippen molar-refractivity contribution in [1.29, 1.82) is 0 Å². The first-order chi connectivity index (χ1) is 13.3. The third-order valence-electron chi connectivity index (χ3n) is 4.81. The highest BCUT2D eigenvalue weighted by molar-refractivity contribution is 6.10. The zero-order chi connectivity index (χ0) is 20.3. The van der Waals surface area contributed by atoms with Crippen LogP contribution in [0.2, 0.25) is 0 Å². The number of nitrogens with one attached hydrogen (secondary N) is 3. The van der Waals surface area contributed by atoms with Crippen LogP contribution >= 0.6 is 0 Å². The fourth-order valence-electron chi connectivity index (χ4n) is 2.89. The lowest BCUT2D eigenvalue weighted by atomic mass is 9.88. The molecule has 1 atom stereocenters. The Hall–Kier alpha value is -2.87. The van der Waals surface area contributed by atoms with Crippen molar-refractivity contribution in [2.75, 3.05) is 23.7 Å². The molecule has 2 aromatic carbocycles. The second-order valence-corrected chi connectivity index (χ2v) is 6.77. The average Bonchev–Trinajstić information content (AvgIpc) is 2.60. The largest absolute Gasteiger partial charge is 0.416 e. The molecule has 1 saturated heterocycles. The van der Waals surface area contributed by atoms with Crippen LogP contribution in [-0.4, -0.2) is 24.9 Å². The van der Waals surface area contributed by atoms with Gasteiger partial charge in [0.25, 0.3) is 5.91 Å². The van der Waals surface area contributed by atoms with E-state index in [0.717, 1.165) is 25.2 Å². The predicted octanol–water partition coefficient (Wildman–Crippen LogP) is 3.75. The normalized spacial score (nSPS) is 15.4. The summed E-state index contributed by atoms with van der Waals surface area (Å²) >= 11 is 0. The summed E-state index contributed by atoms with van der Waals surface area (Å²) in [4.78, 5) is 25.0. The van der Waals surface area contributed by atoms with Gasteiger partial charge < -0.3 is 16.0 Å². The van der Waals surface area contributed by atoms with Gasteiger partial charge in [0.05, 0.1) is 16.8 Å². The maximum absolute atomic E-state index is 12.8. The van der Waals surface area contributed by atoms with Gasteiger partial charge in [0.1, 0.15) is 0 Å².